The fraction of sp³-hybridized carbons (Fsp3) is 1.00. The van der Waals surface area contributed by atoms with Crippen molar-refractivity contribution in [1.82, 2.24) is 0 Å². The van der Waals surface area contributed by atoms with Gasteiger partial charge in [0.2, 0.25) is 0 Å². The molecule has 2 aliphatic carbocycles. The van der Waals surface area contributed by atoms with Gasteiger partial charge in [0.1, 0.15) is 0 Å². The lowest BCUT2D eigenvalue weighted by Gasteiger charge is -2.46. The van der Waals surface area contributed by atoms with Crippen molar-refractivity contribution >= 4 is 0 Å². The van der Waals surface area contributed by atoms with Gasteiger partial charge in [-0.2, -0.15) is 0 Å². The molecule has 1 nitrogen and oxygen atoms in total. The molecule has 1 N–H and O–H groups in total. The Balaban J connectivity index is 2.03. The molecular weight excluding hydrogens is 220 g/mol. The van der Waals surface area contributed by atoms with Gasteiger partial charge in [-0.05, 0) is 37.0 Å². The van der Waals surface area contributed by atoms with Crippen molar-refractivity contribution in [2.75, 3.05) is 0 Å². The van der Waals surface area contributed by atoms with Crippen molar-refractivity contribution in [3.63, 3.8) is 0 Å². The van der Waals surface area contributed by atoms with Crippen LogP contribution in [0.3, 0.4) is 0 Å². The Morgan fingerprint density at radius 2 is 1.72 bits per heavy atom. The van der Waals surface area contributed by atoms with Gasteiger partial charge in [-0.25, -0.2) is 0 Å². The second-order valence-corrected chi connectivity index (χ2v) is 7.07. The van der Waals surface area contributed by atoms with Gasteiger partial charge in [0.25, 0.3) is 0 Å². The molecule has 3 atom stereocenters. The van der Waals surface area contributed by atoms with Crippen LogP contribution in [-0.2, 0) is 0 Å². The van der Waals surface area contributed by atoms with Crippen LogP contribution in [-0.4, -0.2) is 10.7 Å². The third kappa shape index (κ3) is 3.29. The maximum absolute atomic E-state index is 11.2. The first-order valence-electron chi connectivity index (χ1n) is 8.38. The lowest BCUT2D eigenvalue weighted by Crippen LogP contribution is -2.46. The quantitative estimate of drug-likeness (QED) is 0.752. The van der Waals surface area contributed by atoms with Gasteiger partial charge in [0, 0.05) is 0 Å². The van der Waals surface area contributed by atoms with Gasteiger partial charge < -0.3 is 5.11 Å². The molecular formula is C17H32O. The minimum atomic E-state index is -0.324. The Bertz CT molecular complexity index is 244. The van der Waals surface area contributed by atoms with Crippen LogP contribution in [0.4, 0.5) is 0 Å². The molecule has 0 aliphatic heterocycles. The first kappa shape index (κ1) is 14.4. The molecule has 106 valence electrons. The highest BCUT2D eigenvalue weighted by Gasteiger charge is 2.43. The molecule has 0 aromatic carbocycles. The number of hydrogen-bond acceptors (Lipinski definition) is 1. The summed E-state index contributed by atoms with van der Waals surface area (Å²) in [4.78, 5) is 0. The molecule has 0 heterocycles. The fourth-order valence-corrected chi connectivity index (χ4v) is 4.46. The highest BCUT2D eigenvalue weighted by molar-refractivity contribution is 4.94. The Kier molecular flexibility index (Phi) is 5.12. The third-order valence-electron chi connectivity index (χ3n) is 5.68. The van der Waals surface area contributed by atoms with Gasteiger partial charge in [-0.3, -0.25) is 0 Å². The van der Waals surface area contributed by atoms with Gasteiger partial charge >= 0.3 is 0 Å². The van der Waals surface area contributed by atoms with Gasteiger partial charge in [0.05, 0.1) is 5.60 Å². The minimum Gasteiger partial charge on any atom is -0.390 e. The number of rotatable bonds is 4. The molecule has 1 heteroatoms. The van der Waals surface area contributed by atoms with Crippen molar-refractivity contribution in [2.24, 2.45) is 17.8 Å². The van der Waals surface area contributed by atoms with Crippen LogP contribution < -0.4 is 0 Å². The molecule has 2 aliphatic rings. The van der Waals surface area contributed by atoms with E-state index in [4.69, 9.17) is 0 Å². The van der Waals surface area contributed by atoms with Crippen molar-refractivity contribution < 1.29 is 5.11 Å². The Hall–Kier alpha value is -0.0400. The molecule has 2 fully saturated rings. The van der Waals surface area contributed by atoms with Crippen molar-refractivity contribution in [1.29, 1.82) is 0 Å². The first-order chi connectivity index (χ1) is 8.65. The lowest BCUT2D eigenvalue weighted by molar-refractivity contribution is -0.0913. The maximum Gasteiger partial charge on any atom is 0.0681 e. The summed E-state index contributed by atoms with van der Waals surface area (Å²) in [6.07, 6.45) is 14.2. The molecule has 0 bridgehead atoms. The number of hydrogen-bond donors (Lipinski definition) is 1. The minimum absolute atomic E-state index is 0.324. The lowest BCUT2D eigenvalue weighted by atomic mass is 9.63. The second-order valence-electron chi connectivity index (χ2n) is 7.07. The van der Waals surface area contributed by atoms with Gasteiger partial charge in [-0.15, -0.1) is 0 Å². The summed E-state index contributed by atoms with van der Waals surface area (Å²) in [7, 11) is 0. The van der Waals surface area contributed by atoms with E-state index in [9.17, 15) is 5.11 Å². The second kappa shape index (κ2) is 6.41. The average Bonchev–Trinajstić information content (AvgIpc) is 2.39. The molecule has 2 rings (SSSR count). The van der Waals surface area contributed by atoms with E-state index >= 15 is 0 Å². The first-order valence-corrected chi connectivity index (χ1v) is 8.38. The average molecular weight is 252 g/mol. The molecule has 0 amide bonds. The SMILES string of the molecule is CCC(C)CC1(O)CCCCC1C1CCCCC1. The Morgan fingerprint density at radius 3 is 2.39 bits per heavy atom. The van der Waals surface area contributed by atoms with Crippen LogP contribution in [0.2, 0.25) is 0 Å². The molecule has 0 aromatic heterocycles. The van der Waals surface area contributed by atoms with E-state index in [0.29, 0.717) is 11.8 Å². The summed E-state index contributed by atoms with van der Waals surface area (Å²) >= 11 is 0. The predicted octanol–water partition coefficient (Wildman–Crippen LogP) is 4.92. The van der Waals surface area contributed by atoms with E-state index in [1.807, 2.05) is 0 Å². The standard InChI is InChI=1S/C17H32O/c1-3-14(2)13-17(18)12-8-7-11-16(17)15-9-5-4-6-10-15/h14-16,18H,3-13H2,1-2H3. The topological polar surface area (TPSA) is 20.2 Å². The van der Waals surface area contributed by atoms with E-state index in [1.165, 1.54) is 57.8 Å². The normalized spacial score (nSPS) is 36.5. The Labute approximate surface area is 113 Å². The summed E-state index contributed by atoms with van der Waals surface area (Å²) < 4.78 is 0. The molecule has 0 aromatic rings. The summed E-state index contributed by atoms with van der Waals surface area (Å²) in [5.74, 6) is 2.12. The van der Waals surface area contributed by atoms with Crippen LogP contribution in [0, 0.1) is 17.8 Å². The van der Waals surface area contributed by atoms with E-state index in [-0.39, 0.29) is 5.60 Å². The number of aliphatic hydroxyl groups is 1. The van der Waals surface area contributed by atoms with E-state index in [0.717, 1.165) is 18.8 Å². The van der Waals surface area contributed by atoms with E-state index in [1.54, 1.807) is 0 Å². The summed E-state index contributed by atoms with van der Waals surface area (Å²) in [5, 5.41) is 11.2. The molecule has 0 saturated heterocycles. The van der Waals surface area contributed by atoms with E-state index in [2.05, 4.69) is 13.8 Å². The molecule has 0 spiro atoms. The van der Waals surface area contributed by atoms with Crippen LogP contribution in [0.15, 0.2) is 0 Å². The molecule has 18 heavy (non-hydrogen) atoms. The van der Waals surface area contributed by atoms with Crippen molar-refractivity contribution in [3.05, 3.63) is 0 Å². The van der Waals surface area contributed by atoms with Crippen LogP contribution >= 0.6 is 0 Å². The van der Waals surface area contributed by atoms with E-state index < -0.39 is 0 Å². The molecule has 0 radical (unpaired) electrons. The van der Waals surface area contributed by atoms with Gasteiger partial charge in [-0.1, -0.05) is 65.2 Å². The van der Waals surface area contributed by atoms with Crippen molar-refractivity contribution in [2.45, 2.75) is 90.1 Å². The molecule has 2 saturated carbocycles. The van der Waals surface area contributed by atoms with Crippen LogP contribution in [0.25, 0.3) is 0 Å². The maximum atomic E-state index is 11.2. The zero-order valence-electron chi connectivity index (χ0n) is 12.5. The zero-order valence-corrected chi connectivity index (χ0v) is 12.5. The van der Waals surface area contributed by atoms with Crippen LogP contribution in [0.5, 0.6) is 0 Å². The molecule has 3 unspecified atom stereocenters. The van der Waals surface area contributed by atoms with Crippen LogP contribution in [0.1, 0.15) is 84.5 Å². The third-order valence-corrected chi connectivity index (χ3v) is 5.68. The fourth-order valence-electron chi connectivity index (χ4n) is 4.46. The van der Waals surface area contributed by atoms with Gasteiger partial charge in [0.15, 0.2) is 0 Å². The summed E-state index contributed by atoms with van der Waals surface area (Å²) in [5.41, 5.74) is -0.324. The van der Waals surface area contributed by atoms with Crippen molar-refractivity contribution in [3.8, 4) is 0 Å². The smallest absolute Gasteiger partial charge is 0.0681 e. The summed E-state index contributed by atoms with van der Waals surface area (Å²) in [6, 6.07) is 0. The summed E-state index contributed by atoms with van der Waals surface area (Å²) in [6.45, 7) is 4.57. The highest BCUT2D eigenvalue weighted by Crippen LogP contribution is 2.46. The largest absolute Gasteiger partial charge is 0.390 e. The zero-order chi connectivity index (χ0) is 13.0. The highest BCUT2D eigenvalue weighted by atomic mass is 16.3. The Morgan fingerprint density at radius 1 is 1.06 bits per heavy atom. The monoisotopic (exact) mass is 252 g/mol. The predicted molar refractivity (Wildman–Crippen MR) is 77.6 cm³/mol.